The van der Waals surface area contributed by atoms with E-state index in [9.17, 15) is 14.4 Å². The number of carbonyl (C=O) groups excluding carboxylic acids is 3. The SMILES string of the molecule is COc1cc(C(=O)NNC(=O)CCSCC(N)=O)ccc1OCCC(C)C. The maximum Gasteiger partial charge on any atom is 0.269 e. The molecule has 1 rings (SSSR count). The fourth-order valence-electron chi connectivity index (χ4n) is 1.93. The van der Waals surface area contributed by atoms with Crippen LogP contribution in [0.4, 0.5) is 0 Å². The summed E-state index contributed by atoms with van der Waals surface area (Å²) in [6.07, 6.45) is 1.07. The summed E-state index contributed by atoms with van der Waals surface area (Å²) in [5.41, 5.74) is 10.0. The minimum Gasteiger partial charge on any atom is -0.493 e. The highest BCUT2D eigenvalue weighted by Gasteiger charge is 2.12. The van der Waals surface area contributed by atoms with E-state index in [-0.39, 0.29) is 18.1 Å². The first-order valence-corrected chi connectivity index (χ1v) is 9.75. The van der Waals surface area contributed by atoms with Crippen molar-refractivity contribution in [3.05, 3.63) is 23.8 Å². The van der Waals surface area contributed by atoms with Crippen LogP contribution in [-0.4, -0.2) is 42.9 Å². The highest BCUT2D eigenvalue weighted by molar-refractivity contribution is 7.99. The highest BCUT2D eigenvalue weighted by atomic mass is 32.2. The van der Waals surface area contributed by atoms with Gasteiger partial charge in [0.2, 0.25) is 11.8 Å². The van der Waals surface area contributed by atoms with Gasteiger partial charge in [0.15, 0.2) is 11.5 Å². The first kappa shape index (κ1) is 22.6. The third kappa shape index (κ3) is 9.18. The molecule has 150 valence electrons. The minimum atomic E-state index is -0.472. The van der Waals surface area contributed by atoms with Crippen LogP contribution in [0, 0.1) is 5.92 Å². The molecule has 0 aromatic heterocycles. The number of carbonyl (C=O) groups is 3. The van der Waals surface area contributed by atoms with E-state index in [2.05, 4.69) is 24.7 Å². The van der Waals surface area contributed by atoms with Crippen molar-refractivity contribution in [2.24, 2.45) is 11.7 Å². The van der Waals surface area contributed by atoms with Gasteiger partial charge < -0.3 is 15.2 Å². The predicted molar refractivity (Wildman–Crippen MR) is 105 cm³/mol. The third-order valence-electron chi connectivity index (χ3n) is 3.41. The van der Waals surface area contributed by atoms with Gasteiger partial charge in [0.05, 0.1) is 19.5 Å². The Bertz CT molecular complexity index is 652. The van der Waals surface area contributed by atoms with Crippen LogP contribution in [0.5, 0.6) is 11.5 Å². The molecule has 3 amide bonds. The molecule has 0 aliphatic heterocycles. The third-order valence-corrected chi connectivity index (χ3v) is 4.39. The molecule has 0 unspecified atom stereocenters. The molecule has 9 heteroatoms. The number of nitrogens with two attached hydrogens (primary N) is 1. The van der Waals surface area contributed by atoms with Gasteiger partial charge in [-0.25, -0.2) is 0 Å². The second-order valence-corrected chi connectivity index (χ2v) is 7.27. The van der Waals surface area contributed by atoms with Crippen molar-refractivity contribution in [1.82, 2.24) is 10.9 Å². The van der Waals surface area contributed by atoms with E-state index in [1.54, 1.807) is 18.2 Å². The van der Waals surface area contributed by atoms with Gasteiger partial charge in [-0.1, -0.05) is 13.8 Å². The van der Waals surface area contributed by atoms with Crippen molar-refractivity contribution in [2.75, 3.05) is 25.2 Å². The zero-order valence-electron chi connectivity index (χ0n) is 15.9. The summed E-state index contributed by atoms with van der Waals surface area (Å²) in [7, 11) is 1.50. The lowest BCUT2D eigenvalue weighted by atomic mass is 10.1. The number of rotatable bonds is 11. The summed E-state index contributed by atoms with van der Waals surface area (Å²) in [5, 5.41) is 0. The normalized spacial score (nSPS) is 10.4. The number of hydrazine groups is 1. The number of primary amides is 1. The van der Waals surface area contributed by atoms with Crippen LogP contribution in [0.3, 0.4) is 0 Å². The smallest absolute Gasteiger partial charge is 0.269 e. The van der Waals surface area contributed by atoms with Crippen LogP contribution in [0.1, 0.15) is 37.0 Å². The van der Waals surface area contributed by atoms with Crippen LogP contribution in [0.25, 0.3) is 0 Å². The molecule has 0 saturated carbocycles. The highest BCUT2D eigenvalue weighted by Crippen LogP contribution is 2.28. The van der Waals surface area contributed by atoms with E-state index in [4.69, 9.17) is 15.2 Å². The van der Waals surface area contributed by atoms with Crippen LogP contribution in [0.2, 0.25) is 0 Å². The topological polar surface area (TPSA) is 120 Å². The molecule has 0 saturated heterocycles. The zero-order valence-corrected chi connectivity index (χ0v) is 16.7. The molecule has 0 atom stereocenters. The van der Waals surface area contributed by atoms with E-state index in [0.717, 1.165) is 6.42 Å². The average Bonchev–Trinajstić information content (AvgIpc) is 2.63. The Hall–Kier alpha value is -2.42. The van der Waals surface area contributed by atoms with E-state index in [0.29, 0.717) is 35.3 Å². The van der Waals surface area contributed by atoms with Gasteiger partial charge in [0, 0.05) is 17.7 Å². The molecule has 1 aromatic carbocycles. The van der Waals surface area contributed by atoms with Crippen LogP contribution in [0.15, 0.2) is 18.2 Å². The molecule has 8 nitrogen and oxygen atoms in total. The number of nitrogens with one attached hydrogen (secondary N) is 2. The molecule has 0 spiro atoms. The number of benzene rings is 1. The van der Waals surface area contributed by atoms with Gasteiger partial charge >= 0.3 is 0 Å². The van der Waals surface area contributed by atoms with Crippen molar-refractivity contribution in [2.45, 2.75) is 26.7 Å². The van der Waals surface area contributed by atoms with Gasteiger partial charge in [0.1, 0.15) is 0 Å². The van der Waals surface area contributed by atoms with Gasteiger partial charge in [-0.05, 0) is 30.5 Å². The second kappa shape index (κ2) is 12.1. The Morgan fingerprint density at radius 2 is 1.93 bits per heavy atom. The van der Waals surface area contributed by atoms with E-state index in [1.165, 1.54) is 18.9 Å². The molecular weight excluding hydrogens is 370 g/mol. The Morgan fingerprint density at radius 1 is 1.19 bits per heavy atom. The summed E-state index contributed by atoms with van der Waals surface area (Å²) >= 11 is 1.26. The summed E-state index contributed by atoms with van der Waals surface area (Å²) in [5.74, 6) is 0.858. The number of amides is 3. The first-order chi connectivity index (χ1) is 12.8. The van der Waals surface area contributed by atoms with Gasteiger partial charge in [-0.2, -0.15) is 11.8 Å². The van der Waals surface area contributed by atoms with Crippen molar-refractivity contribution < 1.29 is 23.9 Å². The molecule has 0 aliphatic carbocycles. The maximum atomic E-state index is 12.2. The summed E-state index contributed by atoms with van der Waals surface area (Å²) < 4.78 is 11.0. The molecule has 0 fully saturated rings. The van der Waals surface area contributed by atoms with Crippen LogP contribution >= 0.6 is 11.8 Å². The lowest BCUT2D eigenvalue weighted by Crippen LogP contribution is -2.41. The molecule has 0 bridgehead atoms. The molecule has 1 aromatic rings. The number of ether oxygens (including phenoxy) is 2. The van der Waals surface area contributed by atoms with Crippen LogP contribution < -0.4 is 26.1 Å². The number of hydrogen-bond acceptors (Lipinski definition) is 6. The Labute approximate surface area is 163 Å². The number of methoxy groups -OCH3 is 1. The fraction of sp³-hybridized carbons (Fsp3) is 0.500. The van der Waals surface area contributed by atoms with Gasteiger partial charge in [0.25, 0.3) is 5.91 Å². The summed E-state index contributed by atoms with van der Waals surface area (Å²) in [6, 6.07) is 4.81. The molecule has 27 heavy (non-hydrogen) atoms. The van der Waals surface area contributed by atoms with E-state index >= 15 is 0 Å². The van der Waals surface area contributed by atoms with E-state index < -0.39 is 11.8 Å². The van der Waals surface area contributed by atoms with E-state index in [1.807, 2.05) is 0 Å². The second-order valence-electron chi connectivity index (χ2n) is 6.17. The quantitative estimate of drug-likeness (QED) is 0.384. The number of thioether (sulfide) groups is 1. The van der Waals surface area contributed by atoms with Crippen molar-refractivity contribution >= 4 is 29.5 Å². The fourth-order valence-corrected chi connectivity index (χ4v) is 2.61. The molecule has 0 radical (unpaired) electrons. The van der Waals surface area contributed by atoms with Crippen LogP contribution in [-0.2, 0) is 9.59 Å². The lowest BCUT2D eigenvalue weighted by molar-refractivity contribution is -0.121. The Balaban J connectivity index is 2.49. The van der Waals surface area contributed by atoms with Crippen molar-refractivity contribution in [3.63, 3.8) is 0 Å². The molecular formula is C18H27N3O5S. The molecule has 0 heterocycles. The summed E-state index contributed by atoms with van der Waals surface area (Å²) in [6.45, 7) is 4.78. The average molecular weight is 397 g/mol. The minimum absolute atomic E-state index is 0.157. The zero-order chi connectivity index (χ0) is 20.2. The Kier molecular flexibility index (Phi) is 10.1. The van der Waals surface area contributed by atoms with Crippen molar-refractivity contribution in [1.29, 1.82) is 0 Å². The standard InChI is InChI=1S/C18H27N3O5S/c1-12(2)6-8-26-14-5-4-13(10-15(14)25-3)18(24)21-20-17(23)7-9-27-11-16(19)22/h4-5,10,12H,6-9,11H2,1-3H3,(H2,19,22)(H,20,23)(H,21,24). The number of hydrogen-bond donors (Lipinski definition) is 3. The predicted octanol–water partition coefficient (Wildman–Crippen LogP) is 1.49. The maximum absolute atomic E-state index is 12.2. The monoisotopic (exact) mass is 397 g/mol. The molecule has 4 N–H and O–H groups in total. The first-order valence-electron chi connectivity index (χ1n) is 8.59. The summed E-state index contributed by atoms with van der Waals surface area (Å²) in [4.78, 5) is 34.4. The van der Waals surface area contributed by atoms with Gasteiger partial charge in [-0.3, -0.25) is 25.2 Å². The Morgan fingerprint density at radius 3 is 2.56 bits per heavy atom. The largest absolute Gasteiger partial charge is 0.493 e. The lowest BCUT2D eigenvalue weighted by Gasteiger charge is -2.13. The molecule has 0 aliphatic rings. The van der Waals surface area contributed by atoms with Gasteiger partial charge in [-0.15, -0.1) is 0 Å². The van der Waals surface area contributed by atoms with Crippen molar-refractivity contribution in [3.8, 4) is 11.5 Å².